The van der Waals surface area contributed by atoms with Gasteiger partial charge in [-0.2, -0.15) is 4.37 Å². The number of fused-ring (bicyclic) bond motifs is 1. The lowest BCUT2D eigenvalue weighted by atomic mass is 10.0. The van der Waals surface area contributed by atoms with E-state index in [1.165, 1.54) is 11.5 Å². The molecule has 0 saturated heterocycles. The fraction of sp³-hybridized carbons (Fsp3) is 0.250. The number of carbonyl (C=O) groups excluding carboxylic acids is 1. The number of hydrogen-bond donors (Lipinski definition) is 1. The number of carbonyl (C=O) groups is 1. The summed E-state index contributed by atoms with van der Waals surface area (Å²) in [6.07, 6.45) is 0. The smallest absolute Gasteiger partial charge is 0.237 e. The van der Waals surface area contributed by atoms with E-state index in [4.69, 9.17) is 4.74 Å². The Hall–Kier alpha value is -1.47. The molecule has 3 rings (SSSR count). The third-order valence-electron chi connectivity index (χ3n) is 2.83. The summed E-state index contributed by atoms with van der Waals surface area (Å²) in [5.41, 5.74) is 0.896. The number of benzene rings is 1. The van der Waals surface area contributed by atoms with Crippen molar-refractivity contribution in [1.29, 1.82) is 0 Å². The van der Waals surface area contributed by atoms with Gasteiger partial charge in [0.1, 0.15) is 24.1 Å². The van der Waals surface area contributed by atoms with E-state index >= 15 is 0 Å². The average molecular weight is 340 g/mol. The summed E-state index contributed by atoms with van der Waals surface area (Å²) in [6, 6.07) is 5.67. The van der Waals surface area contributed by atoms with E-state index in [1.54, 1.807) is 6.92 Å². The quantitative estimate of drug-likeness (QED) is 0.913. The predicted molar refractivity (Wildman–Crippen MR) is 75.7 cm³/mol. The van der Waals surface area contributed by atoms with Crippen molar-refractivity contribution in [1.82, 2.24) is 9.36 Å². The highest BCUT2D eigenvalue weighted by molar-refractivity contribution is 9.10. The monoisotopic (exact) mass is 339 g/mol. The van der Waals surface area contributed by atoms with Crippen LogP contribution in [0.1, 0.15) is 17.3 Å². The Balaban J connectivity index is 1.81. The first-order valence-corrected chi connectivity index (χ1v) is 7.23. The van der Waals surface area contributed by atoms with Crippen molar-refractivity contribution >= 4 is 38.5 Å². The molecule has 0 radical (unpaired) electrons. The lowest BCUT2D eigenvalue weighted by Crippen LogP contribution is -2.22. The molecule has 0 fully saturated rings. The van der Waals surface area contributed by atoms with Gasteiger partial charge in [-0.25, -0.2) is 4.98 Å². The van der Waals surface area contributed by atoms with Gasteiger partial charge in [-0.15, -0.1) is 0 Å². The highest BCUT2D eigenvalue weighted by Gasteiger charge is 2.31. The maximum Gasteiger partial charge on any atom is 0.237 e. The molecule has 7 heteroatoms. The third-order valence-corrected chi connectivity index (χ3v) is 4.04. The van der Waals surface area contributed by atoms with Crippen LogP contribution in [0.4, 0.5) is 5.13 Å². The van der Waals surface area contributed by atoms with Gasteiger partial charge in [-0.1, -0.05) is 15.9 Å². The van der Waals surface area contributed by atoms with Gasteiger partial charge in [-0.3, -0.25) is 4.79 Å². The number of amides is 1. The summed E-state index contributed by atoms with van der Waals surface area (Å²) in [4.78, 5) is 16.4. The third kappa shape index (κ3) is 2.48. The Morgan fingerprint density at radius 3 is 3.16 bits per heavy atom. The summed E-state index contributed by atoms with van der Waals surface area (Å²) in [5.74, 6) is 0.993. The van der Waals surface area contributed by atoms with Crippen molar-refractivity contribution < 1.29 is 9.53 Å². The summed E-state index contributed by atoms with van der Waals surface area (Å²) in [5, 5.41) is 3.30. The molecular formula is C12H10BrN3O2S. The number of hydrogen-bond acceptors (Lipinski definition) is 5. The predicted octanol–water partition coefficient (Wildman–Crippen LogP) is 2.72. The van der Waals surface area contributed by atoms with E-state index in [2.05, 4.69) is 30.6 Å². The Labute approximate surface area is 122 Å². The lowest BCUT2D eigenvalue weighted by molar-refractivity contribution is -0.117. The second kappa shape index (κ2) is 4.90. The van der Waals surface area contributed by atoms with E-state index in [9.17, 15) is 4.79 Å². The SMILES string of the molecule is Cc1nsc(NC(=O)[C@H]2COc3ccc(Br)cc32)n1. The molecule has 1 N–H and O–H groups in total. The van der Waals surface area contributed by atoms with Gasteiger partial charge < -0.3 is 10.1 Å². The summed E-state index contributed by atoms with van der Waals surface area (Å²) in [7, 11) is 0. The maximum absolute atomic E-state index is 12.2. The largest absolute Gasteiger partial charge is 0.492 e. The molecule has 0 saturated carbocycles. The van der Waals surface area contributed by atoms with Crippen LogP contribution in [0.25, 0.3) is 0 Å². The molecule has 1 aromatic heterocycles. The number of rotatable bonds is 2. The van der Waals surface area contributed by atoms with Crippen LogP contribution < -0.4 is 10.1 Å². The van der Waals surface area contributed by atoms with E-state index in [1.807, 2.05) is 18.2 Å². The van der Waals surface area contributed by atoms with E-state index in [-0.39, 0.29) is 11.8 Å². The number of nitrogens with zero attached hydrogens (tertiary/aromatic N) is 2. The minimum absolute atomic E-state index is 0.118. The molecule has 19 heavy (non-hydrogen) atoms. The van der Waals surface area contributed by atoms with E-state index < -0.39 is 0 Å². The van der Waals surface area contributed by atoms with Crippen molar-refractivity contribution in [3.05, 3.63) is 34.1 Å². The molecule has 0 bridgehead atoms. The minimum Gasteiger partial charge on any atom is -0.492 e. The molecule has 98 valence electrons. The van der Waals surface area contributed by atoms with Crippen molar-refractivity contribution in [2.24, 2.45) is 0 Å². The van der Waals surface area contributed by atoms with Gasteiger partial charge in [0.05, 0.1) is 0 Å². The number of ether oxygens (including phenoxy) is 1. The van der Waals surface area contributed by atoms with Crippen LogP contribution in [0.5, 0.6) is 5.75 Å². The van der Waals surface area contributed by atoms with Gasteiger partial charge in [-0.05, 0) is 25.1 Å². The first-order chi connectivity index (χ1) is 9.13. The normalized spacial score (nSPS) is 16.8. The standard InChI is InChI=1S/C12H10BrN3O2S/c1-6-14-12(19-16-6)15-11(17)9-5-18-10-3-2-7(13)4-8(9)10/h2-4,9H,5H2,1H3,(H,14,15,16,17)/t9-/m0/s1. The molecule has 1 aromatic carbocycles. The van der Waals surface area contributed by atoms with Gasteiger partial charge in [0.25, 0.3) is 0 Å². The van der Waals surface area contributed by atoms with Gasteiger partial charge >= 0.3 is 0 Å². The molecule has 2 heterocycles. The molecule has 0 aliphatic carbocycles. The second-order valence-corrected chi connectivity index (χ2v) is 5.85. The van der Waals surface area contributed by atoms with Crippen molar-refractivity contribution in [3.8, 4) is 5.75 Å². The average Bonchev–Trinajstić information content (AvgIpc) is 2.95. The molecule has 1 atom stereocenters. The highest BCUT2D eigenvalue weighted by atomic mass is 79.9. The van der Waals surface area contributed by atoms with Crippen molar-refractivity contribution in [2.75, 3.05) is 11.9 Å². The Morgan fingerprint density at radius 1 is 1.58 bits per heavy atom. The molecule has 5 nitrogen and oxygen atoms in total. The zero-order valence-corrected chi connectivity index (χ0v) is 12.4. The molecule has 1 aliphatic heterocycles. The summed E-state index contributed by atoms with van der Waals surface area (Å²) in [6.45, 7) is 2.15. The molecule has 0 unspecified atom stereocenters. The Morgan fingerprint density at radius 2 is 2.42 bits per heavy atom. The number of aromatic nitrogens is 2. The van der Waals surface area contributed by atoms with Crippen LogP contribution in [-0.2, 0) is 4.79 Å². The fourth-order valence-corrected chi connectivity index (χ4v) is 2.90. The van der Waals surface area contributed by atoms with Crippen LogP contribution in [0.3, 0.4) is 0 Å². The fourth-order valence-electron chi connectivity index (χ4n) is 1.94. The van der Waals surface area contributed by atoms with Crippen molar-refractivity contribution in [2.45, 2.75) is 12.8 Å². The second-order valence-electron chi connectivity index (χ2n) is 4.18. The Kier molecular flexibility index (Phi) is 3.24. The molecular weight excluding hydrogens is 330 g/mol. The highest BCUT2D eigenvalue weighted by Crippen LogP contribution is 2.36. The topological polar surface area (TPSA) is 64.1 Å². The van der Waals surface area contributed by atoms with Gasteiger partial charge in [0.15, 0.2) is 0 Å². The van der Waals surface area contributed by atoms with E-state index in [0.717, 1.165) is 15.8 Å². The summed E-state index contributed by atoms with van der Waals surface area (Å²) < 4.78 is 10.5. The van der Waals surface area contributed by atoms with Crippen LogP contribution in [0.15, 0.2) is 22.7 Å². The number of nitrogens with one attached hydrogen (secondary N) is 1. The zero-order chi connectivity index (χ0) is 13.4. The van der Waals surface area contributed by atoms with Gasteiger partial charge in [0, 0.05) is 21.6 Å². The maximum atomic E-state index is 12.2. The number of aryl methyl sites for hydroxylation is 1. The van der Waals surface area contributed by atoms with Crippen LogP contribution in [0, 0.1) is 6.92 Å². The summed E-state index contributed by atoms with van der Waals surface area (Å²) >= 11 is 4.58. The molecule has 1 aliphatic rings. The van der Waals surface area contributed by atoms with Gasteiger partial charge in [0.2, 0.25) is 11.0 Å². The molecule has 1 amide bonds. The number of anilines is 1. The lowest BCUT2D eigenvalue weighted by Gasteiger charge is -2.07. The first-order valence-electron chi connectivity index (χ1n) is 5.67. The molecule has 0 spiro atoms. The van der Waals surface area contributed by atoms with Crippen LogP contribution in [-0.4, -0.2) is 21.9 Å². The van der Waals surface area contributed by atoms with Crippen LogP contribution in [0.2, 0.25) is 0 Å². The van der Waals surface area contributed by atoms with E-state index in [0.29, 0.717) is 17.6 Å². The van der Waals surface area contributed by atoms with Crippen molar-refractivity contribution in [3.63, 3.8) is 0 Å². The first kappa shape index (κ1) is 12.6. The minimum atomic E-state index is -0.309. The number of halogens is 1. The Bertz CT molecular complexity index is 644. The van der Waals surface area contributed by atoms with Crippen LogP contribution >= 0.6 is 27.5 Å². The zero-order valence-electron chi connectivity index (χ0n) is 10.0. The molecule has 2 aromatic rings.